The highest BCUT2D eigenvalue weighted by molar-refractivity contribution is 9.15. The molecule has 100 valence electrons. The zero-order valence-electron chi connectivity index (χ0n) is 8.80. The molecular formula is C10H2Br4NO4-. The van der Waals surface area contributed by atoms with Crippen molar-refractivity contribution in [3.63, 3.8) is 0 Å². The number of rotatable bonds is 2. The van der Waals surface area contributed by atoms with Gasteiger partial charge in [0.05, 0.1) is 23.6 Å². The van der Waals surface area contributed by atoms with Crippen LogP contribution in [-0.4, -0.2) is 29.2 Å². The molecule has 0 spiro atoms. The van der Waals surface area contributed by atoms with E-state index in [2.05, 4.69) is 63.7 Å². The lowest BCUT2D eigenvalue weighted by Gasteiger charge is -2.13. The molecule has 0 unspecified atom stereocenters. The van der Waals surface area contributed by atoms with Crippen LogP contribution in [-0.2, 0) is 4.79 Å². The largest absolute Gasteiger partial charge is 0.548 e. The minimum Gasteiger partial charge on any atom is -0.548 e. The van der Waals surface area contributed by atoms with Gasteiger partial charge in [0.15, 0.2) is 0 Å². The first-order valence-corrected chi connectivity index (χ1v) is 7.86. The van der Waals surface area contributed by atoms with Crippen LogP contribution in [0.25, 0.3) is 0 Å². The van der Waals surface area contributed by atoms with Crippen molar-refractivity contribution >= 4 is 81.5 Å². The van der Waals surface area contributed by atoms with Gasteiger partial charge in [0, 0.05) is 17.9 Å². The Bertz CT molecular complexity index is 596. The van der Waals surface area contributed by atoms with Gasteiger partial charge in [-0.3, -0.25) is 14.5 Å². The number of nitrogens with zero attached hydrogens (tertiary/aromatic N) is 1. The SMILES string of the molecule is O=C([O-])CN1C(=O)c2c(Br)c(Br)c(Br)c(Br)c2C1=O. The van der Waals surface area contributed by atoms with E-state index in [0.717, 1.165) is 0 Å². The minimum atomic E-state index is -1.50. The zero-order chi connectivity index (χ0) is 14.5. The Hall–Kier alpha value is -0.250. The van der Waals surface area contributed by atoms with Crippen LogP contribution in [0, 0.1) is 0 Å². The van der Waals surface area contributed by atoms with Gasteiger partial charge in [0.1, 0.15) is 0 Å². The summed E-state index contributed by atoms with van der Waals surface area (Å²) < 4.78 is 1.87. The van der Waals surface area contributed by atoms with Gasteiger partial charge in [-0.05, 0) is 63.7 Å². The highest BCUT2D eigenvalue weighted by Gasteiger charge is 2.40. The normalized spacial score (nSPS) is 14.0. The predicted octanol–water partition coefficient (Wildman–Crippen LogP) is 2.08. The number of halogens is 4. The summed E-state index contributed by atoms with van der Waals surface area (Å²) in [6, 6.07) is 0. The number of amides is 2. The van der Waals surface area contributed by atoms with Gasteiger partial charge in [0.2, 0.25) is 0 Å². The molecule has 0 bridgehead atoms. The van der Waals surface area contributed by atoms with E-state index >= 15 is 0 Å². The number of carbonyl (C=O) groups is 3. The monoisotopic (exact) mass is 516 g/mol. The van der Waals surface area contributed by atoms with E-state index in [1.54, 1.807) is 0 Å². The number of benzene rings is 1. The quantitative estimate of drug-likeness (QED) is 0.341. The molecule has 0 aliphatic carbocycles. The number of aliphatic carboxylic acids is 1. The van der Waals surface area contributed by atoms with Gasteiger partial charge in [-0.1, -0.05) is 0 Å². The van der Waals surface area contributed by atoms with E-state index in [0.29, 0.717) is 22.8 Å². The molecule has 0 atom stereocenters. The number of hydrogen-bond acceptors (Lipinski definition) is 4. The van der Waals surface area contributed by atoms with Gasteiger partial charge in [-0.15, -0.1) is 0 Å². The fourth-order valence-corrected chi connectivity index (χ4v) is 4.13. The van der Waals surface area contributed by atoms with Crippen molar-refractivity contribution < 1.29 is 19.5 Å². The van der Waals surface area contributed by atoms with Crippen LogP contribution in [0.15, 0.2) is 17.9 Å². The highest BCUT2D eigenvalue weighted by Crippen LogP contribution is 2.45. The van der Waals surface area contributed by atoms with Crippen LogP contribution in [0.4, 0.5) is 0 Å². The topological polar surface area (TPSA) is 77.5 Å². The van der Waals surface area contributed by atoms with Crippen LogP contribution in [0.2, 0.25) is 0 Å². The summed E-state index contributed by atoms with van der Waals surface area (Å²) >= 11 is 13.0. The number of carboxylic acid groups (broad SMARTS) is 1. The Balaban J connectivity index is 2.69. The fraction of sp³-hybridized carbons (Fsp3) is 0.100. The molecule has 9 heteroatoms. The molecule has 2 rings (SSSR count). The van der Waals surface area contributed by atoms with Crippen molar-refractivity contribution in [3.05, 3.63) is 29.0 Å². The highest BCUT2D eigenvalue weighted by atomic mass is 79.9. The number of imide groups is 1. The second kappa shape index (κ2) is 5.27. The lowest BCUT2D eigenvalue weighted by Crippen LogP contribution is -2.41. The molecule has 5 nitrogen and oxygen atoms in total. The first-order chi connectivity index (χ1) is 8.77. The average molecular weight is 520 g/mol. The second-order valence-corrected chi connectivity index (χ2v) is 6.75. The molecule has 19 heavy (non-hydrogen) atoms. The first-order valence-electron chi connectivity index (χ1n) is 4.69. The lowest BCUT2D eigenvalue weighted by atomic mass is 10.1. The summed E-state index contributed by atoms with van der Waals surface area (Å²) in [5, 5.41) is 10.6. The second-order valence-electron chi connectivity index (χ2n) is 3.57. The molecule has 1 heterocycles. The Morgan fingerprint density at radius 3 is 1.58 bits per heavy atom. The third-order valence-electron chi connectivity index (χ3n) is 2.47. The van der Waals surface area contributed by atoms with E-state index < -0.39 is 24.3 Å². The van der Waals surface area contributed by atoms with Gasteiger partial charge in [-0.25, -0.2) is 0 Å². The van der Waals surface area contributed by atoms with Crippen molar-refractivity contribution in [2.75, 3.05) is 6.54 Å². The van der Waals surface area contributed by atoms with E-state index in [1.807, 2.05) is 0 Å². The Kier molecular flexibility index (Phi) is 4.20. The molecule has 1 aliphatic heterocycles. The maximum absolute atomic E-state index is 12.1. The van der Waals surface area contributed by atoms with Gasteiger partial charge in [0.25, 0.3) is 11.8 Å². The Morgan fingerprint density at radius 1 is 0.895 bits per heavy atom. The molecule has 1 aliphatic rings. The minimum absolute atomic E-state index is 0.119. The van der Waals surface area contributed by atoms with Gasteiger partial charge >= 0.3 is 0 Å². The van der Waals surface area contributed by atoms with Gasteiger partial charge in [-0.2, -0.15) is 0 Å². The summed E-state index contributed by atoms with van der Waals surface area (Å²) in [7, 11) is 0. The van der Waals surface area contributed by atoms with E-state index in [-0.39, 0.29) is 11.1 Å². The van der Waals surface area contributed by atoms with Crippen LogP contribution < -0.4 is 5.11 Å². The van der Waals surface area contributed by atoms with Crippen LogP contribution in [0.5, 0.6) is 0 Å². The maximum atomic E-state index is 12.1. The number of carbonyl (C=O) groups excluding carboxylic acids is 3. The smallest absolute Gasteiger partial charge is 0.263 e. The van der Waals surface area contributed by atoms with Crippen LogP contribution in [0.3, 0.4) is 0 Å². The van der Waals surface area contributed by atoms with Crippen molar-refractivity contribution in [2.45, 2.75) is 0 Å². The van der Waals surface area contributed by atoms with Gasteiger partial charge < -0.3 is 9.90 Å². The lowest BCUT2D eigenvalue weighted by molar-refractivity contribution is -0.305. The summed E-state index contributed by atoms with van der Waals surface area (Å²) in [5.41, 5.74) is 0.237. The standard InChI is InChI=1S/C10H3Br4NO4/c11-5-3-4(6(12)8(14)7(5)13)10(19)15(9(3)18)1-2(16)17/h1H2,(H,16,17)/p-1. The maximum Gasteiger partial charge on any atom is 0.263 e. The van der Waals surface area contributed by atoms with E-state index in [1.165, 1.54) is 0 Å². The number of carboxylic acids is 1. The molecule has 1 aromatic carbocycles. The van der Waals surface area contributed by atoms with Crippen LogP contribution >= 0.6 is 63.7 Å². The van der Waals surface area contributed by atoms with Crippen molar-refractivity contribution in [1.29, 1.82) is 0 Å². The molecule has 0 aromatic heterocycles. The molecule has 1 aromatic rings. The van der Waals surface area contributed by atoms with Crippen LogP contribution in [0.1, 0.15) is 20.7 Å². The third kappa shape index (κ3) is 2.30. The van der Waals surface area contributed by atoms with Crippen molar-refractivity contribution in [1.82, 2.24) is 4.90 Å². The molecule has 2 amide bonds. The molecule has 0 saturated heterocycles. The molecule has 0 fully saturated rings. The summed E-state index contributed by atoms with van der Waals surface area (Å²) in [6.45, 7) is -0.777. The van der Waals surface area contributed by atoms with Crippen molar-refractivity contribution in [3.8, 4) is 0 Å². The zero-order valence-corrected chi connectivity index (χ0v) is 15.1. The third-order valence-corrected chi connectivity index (χ3v) is 7.24. The van der Waals surface area contributed by atoms with Crippen molar-refractivity contribution in [2.24, 2.45) is 0 Å². The summed E-state index contributed by atoms with van der Waals surface area (Å²) in [6.07, 6.45) is 0. The molecule has 0 N–H and O–H groups in total. The Morgan fingerprint density at radius 2 is 1.26 bits per heavy atom. The summed E-state index contributed by atoms with van der Waals surface area (Å²) in [4.78, 5) is 35.4. The molecule has 0 radical (unpaired) electrons. The Labute approximate surface area is 140 Å². The number of hydrogen-bond donors (Lipinski definition) is 0. The van der Waals surface area contributed by atoms with E-state index in [4.69, 9.17) is 0 Å². The molecular weight excluding hydrogens is 518 g/mol. The predicted molar refractivity (Wildman–Crippen MR) is 77.6 cm³/mol. The number of fused-ring (bicyclic) bond motifs is 1. The molecule has 0 saturated carbocycles. The average Bonchev–Trinajstić information content (AvgIpc) is 2.58. The van der Waals surface area contributed by atoms with E-state index in [9.17, 15) is 19.5 Å². The first kappa shape index (κ1) is 15.1. The summed E-state index contributed by atoms with van der Waals surface area (Å²) in [5.74, 6) is -2.85. The fourth-order valence-electron chi connectivity index (χ4n) is 1.67.